The zero-order valence-electron chi connectivity index (χ0n) is 12.1. The van der Waals surface area contributed by atoms with E-state index in [1.54, 1.807) is 0 Å². The van der Waals surface area contributed by atoms with Gasteiger partial charge in [-0.15, -0.1) is 6.58 Å². The van der Waals surface area contributed by atoms with Crippen molar-refractivity contribution in [3.63, 3.8) is 0 Å². The molecule has 0 radical (unpaired) electrons. The number of hydrogen-bond donors (Lipinski definition) is 3. The quantitative estimate of drug-likeness (QED) is 0.413. The summed E-state index contributed by atoms with van der Waals surface area (Å²) in [5, 5.41) is 28.5. The first kappa shape index (κ1) is 17.6. The molecule has 118 valence electrons. The molecule has 0 aromatic heterocycles. The van der Waals surface area contributed by atoms with Crippen molar-refractivity contribution in [2.45, 2.75) is 62.9 Å². The summed E-state index contributed by atoms with van der Waals surface area (Å²) in [5.74, 6) is 0. The second kappa shape index (κ2) is 10.3. The molecule has 1 fully saturated rings. The van der Waals surface area contributed by atoms with Crippen molar-refractivity contribution in [2.75, 3.05) is 19.8 Å². The number of unbranched alkanes of at least 4 members (excludes halogenated alkanes) is 5. The van der Waals surface area contributed by atoms with Gasteiger partial charge in [0.15, 0.2) is 0 Å². The minimum atomic E-state index is -1.15. The Bertz CT molecular complexity index is 259. The fourth-order valence-corrected chi connectivity index (χ4v) is 2.24. The minimum absolute atomic E-state index is 0.0373. The van der Waals surface area contributed by atoms with E-state index in [1.165, 1.54) is 19.3 Å². The molecule has 0 saturated carbocycles. The van der Waals surface area contributed by atoms with Gasteiger partial charge in [-0.1, -0.05) is 25.3 Å². The molecule has 0 bridgehead atoms. The Balaban J connectivity index is 1.97. The second-order valence-electron chi connectivity index (χ2n) is 5.34. The van der Waals surface area contributed by atoms with Crippen molar-refractivity contribution in [2.24, 2.45) is 0 Å². The molecule has 0 spiro atoms. The summed E-state index contributed by atoms with van der Waals surface area (Å²) < 4.78 is 10.7. The van der Waals surface area contributed by atoms with Crippen LogP contribution in [0.15, 0.2) is 12.7 Å². The predicted molar refractivity (Wildman–Crippen MR) is 76.5 cm³/mol. The van der Waals surface area contributed by atoms with Gasteiger partial charge in [0.05, 0.1) is 13.2 Å². The lowest BCUT2D eigenvalue weighted by atomic mass is 10.0. The van der Waals surface area contributed by atoms with E-state index < -0.39 is 24.4 Å². The minimum Gasteiger partial charge on any atom is -0.388 e. The predicted octanol–water partition coefficient (Wildman–Crippen LogP) is 1.01. The zero-order valence-corrected chi connectivity index (χ0v) is 12.1. The molecular formula is C15H28O5. The van der Waals surface area contributed by atoms with E-state index in [0.29, 0.717) is 6.61 Å². The molecule has 1 rings (SSSR count). The lowest BCUT2D eigenvalue weighted by molar-refractivity contribution is -0.199. The molecule has 4 atom stereocenters. The highest BCUT2D eigenvalue weighted by atomic mass is 16.6. The number of hydrogen-bond acceptors (Lipinski definition) is 5. The van der Waals surface area contributed by atoms with Crippen LogP contribution in [0, 0.1) is 0 Å². The molecular weight excluding hydrogens is 260 g/mol. The van der Waals surface area contributed by atoms with Crippen molar-refractivity contribution >= 4 is 0 Å². The number of allylic oxidation sites excluding steroid dienone is 1. The molecule has 1 aliphatic rings. The van der Waals surface area contributed by atoms with Crippen LogP contribution < -0.4 is 0 Å². The smallest absolute Gasteiger partial charge is 0.111 e. The van der Waals surface area contributed by atoms with Gasteiger partial charge in [-0.05, 0) is 19.3 Å². The highest BCUT2D eigenvalue weighted by Gasteiger charge is 2.37. The average Bonchev–Trinajstić information content (AvgIpc) is 2.45. The first-order valence-electron chi connectivity index (χ1n) is 7.51. The standard InChI is InChI=1S/C15H28O5/c1-2-3-4-5-6-7-8-9-19-11-13-15(18)14(17)12(16)10-20-13/h2,12-18H,1,3-11H2/t12-,13+,14+,15+/m1/s1. The first-order chi connectivity index (χ1) is 9.66. The lowest BCUT2D eigenvalue weighted by Crippen LogP contribution is -2.54. The van der Waals surface area contributed by atoms with E-state index >= 15 is 0 Å². The highest BCUT2D eigenvalue weighted by Crippen LogP contribution is 2.16. The molecule has 1 aliphatic heterocycles. The van der Waals surface area contributed by atoms with Gasteiger partial charge in [-0.25, -0.2) is 0 Å². The van der Waals surface area contributed by atoms with Crippen LogP contribution in [0.1, 0.15) is 38.5 Å². The third-order valence-electron chi connectivity index (χ3n) is 3.59. The Labute approximate surface area is 121 Å². The third-order valence-corrected chi connectivity index (χ3v) is 3.59. The Hall–Kier alpha value is -0.460. The van der Waals surface area contributed by atoms with Crippen LogP contribution in [0.5, 0.6) is 0 Å². The topological polar surface area (TPSA) is 79.2 Å². The van der Waals surface area contributed by atoms with Crippen molar-refractivity contribution in [1.29, 1.82) is 0 Å². The average molecular weight is 288 g/mol. The van der Waals surface area contributed by atoms with Crippen LogP contribution in [0.2, 0.25) is 0 Å². The number of aliphatic hydroxyl groups is 3. The fraction of sp³-hybridized carbons (Fsp3) is 0.867. The van der Waals surface area contributed by atoms with Gasteiger partial charge in [0.1, 0.15) is 24.4 Å². The van der Waals surface area contributed by atoms with Crippen molar-refractivity contribution < 1.29 is 24.8 Å². The Morgan fingerprint density at radius 3 is 2.50 bits per heavy atom. The molecule has 0 amide bonds. The summed E-state index contributed by atoms with van der Waals surface area (Å²) in [4.78, 5) is 0. The maximum Gasteiger partial charge on any atom is 0.111 e. The van der Waals surface area contributed by atoms with E-state index in [2.05, 4.69) is 6.58 Å². The number of ether oxygens (including phenoxy) is 2. The van der Waals surface area contributed by atoms with Crippen LogP contribution in [-0.4, -0.2) is 59.6 Å². The van der Waals surface area contributed by atoms with Crippen LogP contribution in [0.3, 0.4) is 0 Å². The Morgan fingerprint density at radius 1 is 1.05 bits per heavy atom. The van der Waals surface area contributed by atoms with E-state index in [-0.39, 0.29) is 13.2 Å². The molecule has 1 saturated heterocycles. The third kappa shape index (κ3) is 6.33. The monoisotopic (exact) mass is 288 g/mol. The van der Waals surface area contributed by atoms with Crippen molar-refractivity contribution in [3.05, 3.63) is 12.7 Å². The molecule has 1 heterocycles. The van der Waals surface area contributed by atoms with Crippen molar-refractivity contribution in [3.8, 4) is 0 Å². The van der Waals surface area contributed by atoms with E-state index in [9.17, 15) is 15.3 Å². The summed E-state index contributed by atoms with van der Waals surface area (Å²) in [6.07, 6.45) is 4.97. The second-order valence-corrected chi connectivity index (χ2v) is 5.34. The fourth-order valence-electron chi connectivity index (χ4n) is 2.24. The molecule has 0 aromatic carbocycles. The molecule has 5 heteroatoms. The summed E-state index contributed by atoms with van der Waals surface area (Å²) in [5.41, 5.74) is 0. The summed E-state index contributed by atoms with van der Waals surface area (Å²) in [6.45, 7) is 4.61. The number of rotatable bonds is 10. The molecule has 0 aliphatic carbocycles. The molecule has 0 unspecified atom stereocenters. The molecule has 0 aromatic rings. The summed E-state index contributed by atoms with van der Waals surface area (Å²) in [6, 6.07) is 0. The maximum absolute atomic E-state index is 9.71. The SMILES string of the molecule is C=CCCCCCCCOC[C@@H]1OC[C@@H](O)[C@H](O)[C@H]1O. The van der Waals surface area contributed by atoms with E-state index in [1.807, 2.05) is 6.08 Å². The van der Waals surface area contributed by atoms with Crippen LogP contribution in [0.4, 0.5) is 0 Å². The Kier molecular flexibility index (Phi) is 9.05. The molecule has 5 nitrogen and oxygen atoms in total. The van der Waals surface area contributed by atoms with Crippen molar-refractivity contribution in [1.82, 2.24) is 0 Å². The zero-order chi connectivity index (χ0) is 14.8. The van der Waals surface area contributed by atoms with Crippen LogP contribution in [0.25, 0.3) is 0 Å². The van der Waals surface area contributed by atoms with E-state index in [0.717, 1.165) is 19.3 Å². The van der Waals surface area contributed by atoms with Gasteiger partial charge in [-0.2, -0.15) is 0 Å². The van der Waals surface area contributed by atoms with Gasteiger partial charge >= 0.3 is 0 Å². The number of aliphatic hydroxyl groups excluding tert-OH is 3. The van der Waals surface area contributed by atoms with Gasteiger partial charge in [0, 0.05) is 6.61 Å². The Morgan fingerprint density at radius 2 is 1.75 bits per heavy atom. The first-order valence-corrected chi connectivity index (χ1v) is 7.51. The highest BCUT2D eigenvalue weighted by molar-refractivity contribution is 4.86. The van der Waals surface area contributed by atoms with Gasteiger partial charge < -0.3 is 24.8 Å². The van der Waals surface area contributed by atoms with Crippen LogP contribution in [-0.2, 0) is 9.47 Å². The van der Waals surface area contributed by atoms with E-state index in [4.69, 9.17) is 9.47 Å². The largest absolute Gasteiger partial charge is 0.388 e. The van der Waals surface area contributed by atoms with Crippen LogP contribution >= 0.6 is 0 Å². The normalized spacial score (nSPS) is 30.4. The summed E-state index contributed by atoms with van der Waals surface area (Å²) >= 11 is 0. The van der Waals surface area contributed by atoms with Gasteiger partial charge in [0.2, 0.25) is 0 Å². The molecule has 3 N–H and O–H groups in total. The maximum atomic E-state index is 9.71. The summed E-state index contributed by atoms with van der Waals surface area (Å²) in [7, 11) is 0. The molecule has 20 heavy (non-hydrogen) atoms. The van der Waals surface area contributed by atoms with Gasteiger partial charge in [0.25, 0.3) is 0 Å². The lowest BCUT2D eigenvalue weighted by Gasteiger charge is -2.35. The van der Waals surface area contributed by atoms with Gasteiger partial charge in [-0.3, -0.25) is 0 Å².